The van der Waals surface area contributed by atoms with E-state index in [2.05, 4.69) is 10.6 Å². The van der Waals surface area contributed by atoms with Crippen molar-refractivity contribution < 1.29 is 19.5 Å². The van der Waals surface area contributed by atoms with Crippen LogP contribution in [0.25, 0.3) is 0 Å². The lowest BCUT2D eigenvalue weighted by Gasteiger charge is -2.24. The summed E-state index contributed by atoms with van der Waals surface area (Å²) < 4.78 is 0. The lowest BCUT2D eigenvalue weighted by Crippen LogP contribution is -2.44. The van der Waals surface area contributed by atoms with E-state index in [0.717, 1.165) is 19.3 Å². The maximum absolute atomic E-state index is 11.6. The maximum Gasteiger partial charge on any atom is 0.305 e. The number of carboxylic acids is 1. The Morgan fingerprint density at radius 2 is 1.74 bits per heavy atom. The minimum atomic E-state index is -0.930. The summed E-state index contributed by atoms with van der Waals surface area (Å²) in [6, 6.07) is 0. The van der Waals surface area contributed by atoms with Gasteiger partial charge in [0.15, 0.2) is 0 Å². The van der Waals surface area contributed by atoms with Gasteiger partial charge in [0.2, 0.25) is 11.8 Å². The first-order valence-electron chi connectivity index (χ1n) is 6.50. The quantitative estimate of drug-likeness (QED) is 0.547. The number of carboxylic acid groups (broad SMARTS) is 1. The predicted molar refractivity (Wildman–Crippen MR) is 71.6 cm³/mol. The second-order valence-corrected chi connectivity index (χ2v) is 5.30. The van der Waals surface area contributed by atoms with Crippen molar-refractivity contribution in [3.05, 3.63) is 0 Å². The van der Waals surface area contributed by atoms with E-state index in [9.17, 15) is 14.4 Å². The number of amides is 2. The lowest BCUT2D eigenvalue weighted by molar-refractivity contribution is -0.138. The fraction of sp³-hybridized carbons (Fsp3) is 0.769. The van der Waals surface area contributed by atoms with E-state index < -0.39 is 11.5 Å². The van der Waals surface area contributed by atoms with Gasteiger partial charge in [0, 0.05) is 25.4 Å². The van der Waals surface area contributed by atoms with Gasteiger partial charge < -0.3 is 15.7 Å². The number of hydrogen-bond donors (Lipinski definition) is 3. The van der Waals surface area contributed by atoms with Crippen molar-refractivity contribution in [1.82, 2.24) is 10.6 Å². The van der Waals surface area contributed by atoms with Gasteiger partial charge in [-0.05, 0) is 26.7 Å². The van der Waals surface area contributed by atoms with E-state index in [1.807, 2.05) is 0 Å². The normalized spacial score (nSPS) is 10.9. The second kappa shape index (κ2) is 8.50. The van der Waals surface area contributed by atoms with Crippen LogP contribution in [-0.4, -0.2) is 35.0 Å². The molecule has 6 heteroatoms. The zero-order valence-electron chi connectivity index (χ0n) is 11.9. The fourth-order valence-corrected chi connectivity index (χ4v) is 1.71. The first-order valence-corrected chi connectivity index (χ1v) is 6.50. The Kier molecular flexibility index (Phi) is 7.79. The van der Waals surface area contributed by atoms with Crippen molar-refractivity contribution in [3.8, 4) is 0 Å². The van der Waals surface area contributed by atoms with Crippen molar-refractivity contribution in [2.75, 3.05) is 6.54 Å². The molecule has 0 heterocycles. The molecule has 19 heavy (non-hydrogen) atoms. The molecule has 0 aliphatic carbocycles. The van der Waals surface area contributed by atoms with E-state index >= 15 is 0 Å². The van der Waals surface area contributed by atoms with Crippen LogP contribution in [0.15, 0.2) is 0 Å². The Balaban J connectivity index is 3.69. The molecule has 3 N–H and O–H groups in total. The monoisotopic (exact) mass is 272 g/mol. The first-order chi connectivity index (χ1) is 8.73. The molecule has 0 bridgehead atoms. The Bertz CT molecular complexity index is 327. The Labute approximate surface area is 113 Å². The predicted octanol–water partition coefficient (Wildman–Crippen LogP) is 1.05. The van der Waals surface area contributed by atoms with E-state index in [-0.39, 0.29) is 18.2 Å². The number of hydrogen-bond acceptors (Lipinski definition) is 3. The van der Waals surface area contributed by atoms with Crippen LogP contribution in [0, 0.1) is 0 Å². The number of carbonyl (C=O) groups excluding carboxylic acids is 2. The zero-order chi connectivity index (χ0) is 14.9. The standard InChI is InChI=1S/C13H24N2O4/c1-10(16)14-8-6-4-5-7-11(17)15-13(2,3)9-12(18)19/h4-9H2,1-3H3,(H,14,16)(H,15,17)(H,18,19). The van der Waals surface area contributed by atoms with E-state index in [0.29, 0.717) is 13.0 Å². The number of rotatable bonds is 9. The minimum absolute atomic E-state index is 0.0480. The molecule has 2 amide bonds. The van der Waals surface area contributed by atoms with Crippen molar-refractivity contribution in [2.45, 2.75) is 58.4 Å². The summed E-state index contributed by atoms with van der Waals surface area (Å²) in [5.41, 5.74) is -0.723. The first kappa shape index (κ1) is 17.4. The Morgan fingerprint density at radius 3 is 2.26 bits per heavy atom. The van der Waals surface area contributed by atoms with E-state index in [1.54, 1.807) is 13.8 Å². The van der Waals surface area contributed by atoms with Crippen molar-refractivity contribution in [2.24, 2.45) is 0 Å². The van der Waals surface area contributed by atoms with Gasteiger partial charge in [-0.2, -0.15) is 0 Å². The lowest BCUT2D eigenvalue weighted by atomic mass is 10.0. The molecule has 0 aromatic rings. The maximum atomic E-state index is 11.6. The third-order valence-corrected chi connectivity index (χ3v) is 2.53. The summed E-state index contributed by atoms with van der Waals surface area (Å²) in [5, 5.41) is 14.1. The largest absolute Gasteiger partial charge is 0.481 e. The zero-order valence-corrected chi connectivity index (χ0v) is 11.9. The summed E-state index contributed by atoms with van der Waals surface area (Å²) in [6.07, 6.45) is 2.71. The summed E-state index contributed by atoms with van der Waals surface area (Å²) in [4.78, 5) is 32.8. The molecular formula is C13H24N2O4. The fourth-order valence-electron chi connectivity index (χ4n) is 1.71. The molecule has 0 aliphatic rings. The molecule has 0 atom stereocenters. The third-order valence-electron chi connectivity index (χ3n) is 2.53. The number of aliphatic carboxylic acids is 1. The van der Waals surface area contributed by atoms with Crippen LogP contribution in [0.4, 0.5) is 0 Å². The molecule has 0 unspecified atom stereocenters. The van der Waals surface area contributed by atoms with Crippen LogP contribution in [-0.2, 0) is 14.4 Å². The van der Waals surface area contributed by atoms with E-state index in [1.165, 1.54) is 6.92 Å². The molecule has 0 saturated carbocycles. The SMILES string of the molecule is CC(=O)NCCCCCC(=O)NC(C)(C)CC(=O)O. The average Bonchev–Trinajstić information content (AvgIpc) is 2.19. The van der Waals surface area contributed by atoms with Crippen molar-refractivity contribution >= 4 is 17.8 Å². The molecule has 0 aliphatic heterocycles. The third kappa shape index (κ3) is 11.2. The van der Waals surface area contributed by atoms with Crippen molar-refractivity contribution in [1.29, 1.82) is 0 Å². The summed E-state index contributed by atoms with van der Waals surface area (Å²) >= 11 is 0. The number of carbonyl (C=O) groups is 3. The van der Waals surface area contributed by atoms with Gasteiger partial charge >= 0.3 is 5.97 Å². The molecule has 0 spiro atoms. The number of unbranched alkanes of at least 4 members (excludes halogenated alkanes) is 2. The highest BCUT2D eigenvalue weighted by molar-refractivity contribution is 5.78. The van der Waals surface area contributed by atoms with Gasteiger partial charge in [-0.1, -0.05) is 6.42 Å². The van der Waals surface area contributed by atoms with Gasteiger partial charge in [-0.15, -0.1) is 0 Å². The summed E-state index contributed by atoms with van der Waals surface area (Å²) in [7, 11) is 0. The molecule has 6 nitrogen and oxygen atoms in total. The van der Waals surface area contributed by atoms with Gasteiger partial charge in [-0.25, -0.2) is 0 Å². The van der Waals surface area contributed by atoms with Crippen LogP contribution >= 0.6 is 0 Å². The van der Waals surface area contributed by atoms with Gasteiger partial charge in [0.25, 0.3) is 0 Å². The molecule has 0 radical (unpaired) electrons. The molecule has 0 aromatic carbocycles. The highest BCUT2D eigenvalue weighted by Crippen LogP contribution is 2.09. The van der Waals surface area contributed by atoms with Crippen LogP contribution in [0.2, 0.25) is 0 Å². The molecule has 0 aromatic heterocycles. The highest BCUT2D eigenvalue weighted by atomic mass is 16.4. The topological polar surface area (TPSA) is 95.5 Å². The Morgan fingerprint density at radius 1 is 1.11 bits per heavy atom. The molecule has 0 fully saturated rings. The summed E-state index contributed by atoms with van der Waals surface area (Å²) in [6.45, 7) is 5.48. The number of nitrogens with one attached hydrogen (secondary N) is 2. The molecular weight excluding hydrogens is 248 g/mol. The van der Waals surface area contributed by atoms with Crippen LogP contribution < -0.4 is 10.6 Å². The van der Waals surface area contributed by atoms with Gasteiger partial charge in [-0.3, -0.25) is 14.4 Å². The van der Waals surface area contributed by atoms with Gasteiger partial charge in [0.05, 0.1) is 6.42 Å². The van der Waals surface area contributed by atoms with Crippen LogP contribution in [0.5, 0.6) is 0 Å². The second-order valence-electron chi connectivity index (χ2n) is 5.30. The molecule has 0 saturated heterocycles. The summed E-state index contributed by atoms with van der Waals surface area (Å²) in [5.74, 6) is -1.11. The molecule has 110 valence electrons. The smallest absolute Gasteiger partial charge is 0.305 e. The highest BCUT2D eigenvalue weighted by Gasteiger charge is 2.23. The van der Waals surface area contributed by atoms with Crippen LogP contribution in [0.1, 0.15) is 52.9 Å². The molecule has 0 rings (SSSR count). The van der Waals surface area contributed by atoms with Crippen LogP contribution in [0.3, 0.4) is 0 Å². The minimum Gasteiger partial charge on any atom is -0.481 e. The average molecular weight is 272 g/mol. The van der Waals surface area contributed by atoms with Crippen molar-refractivity contribution in [3.63, 3.8) is 0 Å². The van der Waals surface area contributed by atoms with E-state index in [4.69, 9.17) is 5.11 Å². The van der Waals surface area contributed by atoms with Gasteiger partial charge in [0.1, 0.15) is 0 Å². The Hall–Kier alpha value is -1.59.